The lowest BCUT2D eigenvalue weighted by atomic mass is 10.3. The van der Waals surface area contributed by atoms with Crippen LogP contribution in [0.2, 0.25) is 0 Å². The largest absolute Gasteiger partial charge is 0.299 e. The minimum Gasteiger partial charge on any atom is -0.299 e. The minimum atomic E-state index is -3.46. The van der Waals surface area contributed by atoms with E-state index in [4.69, 9.17) is 0 Å². The van der Waals surface area contributed by atoms with Crippen LogP contribution >= 0.6 is 11.8 Å². The summed E-state index contributed by atoms with van der Waals surface area (Å²) in [5.74, 6) is -0.161. The molecule has 0 aliphatic heterocycles. The Morgan fingerprint density at radius 3 is 2.35 bits per heavy atom. The number of anilines is 1. The Labute approximate surface area is 157 Å². The lowest BCUT2D eigenvalue weighted by Gasteiger charge is -2.14. The van der Waals surface area contributed by atoms with Crippen LogP contribution in [0.25, 0.3) is 0 Å². The van der Waals surface area contributed by atoms with E-state index in [0.717, 1.165) is 17.7 Å². The van der Waals surface area contributed by atoms with Crippen LogP contribution in [0.3, 0.4) is 0 Å². The van der Waals surface area contributed by atoms with Gasteiger partial charge in [-0.2, -0.15) is 0 Å². The van der Waals surface area contributed by atoms with Crippen molar-refractivity contribution < 1.29 is 13.2 Å². The maximum Gasteiger partial charge on any atom is 0.251 e. The van der Waals surface area contributed by atoms with Gasteiger partial charge >= 0.3 is 0 Å². The van der Waals surface area contributed by atoms with Crippen LogP contribution in [0.1, 0.15) is 19.8 Å². The van der Waals surface area contributed by atoms with Crippen molar-refractivity contribution in [1.82, 2.24) is 10.1 Å². The van der Waals surface area contributed by atoms with Gasteiger partial charge in [0.05, 0.1) is 15.8 Å². The second kappa shape index (κ2) is 8.11. The third-order valence-electron chi connectivity index (χ3n) is 3.82. The normalized spacial score (nSPS) is 15.3. The zero-order valence-electron chi connectivity index (χ0n) is 14.3. The Kier molecular flexibility index (Phi) is 5.85. The summed E-state index contributed by atoms with van der Waals surface area (Å²) in [6.45, 7) is 1.83. The van der Waals surface area contributed by atoms with Crippen molar-refractivity contribution in [3.8, 4) is 0 Å². The van der Waals surface area contributed by atoms with E-state index in [0.29, 0.717) is 5.69 Å². The molecule has 0 aromatic heterocycles. The van der Waals surface area contributed by atoms with Gasteiger partial charge in [0, 0.05) is 10.9 Å². The molecule has 0 unspecified atom stereocenters. The Hall–Kier alpha value is -2.03. The van der Waals surface area contributed by atoms with E-state index < -0.39 is 10.0 Å². The van der Waals surface area contributed by atoms with E-state index in [2.05, 4.69) is 15.6 Å². The summed E-state index contributed by atoms with van der Waals surface area (Å²) in [5.41, 5.74) is 6.07. The van der Waals surface area contributed by atoms with E-state index in [-0.39, 0.29) is 22.1 Å². The van der Waals surface area contributed by atoms with Gasteiger partial charge in [-0.05, 0) is 56.2 Å². The molecule has 26 heavy (non-hydrogen) atoms. The number of hydrogen-bond acceptors (Lipinski definition) is 5. The van der Waals surface area contributed by atoms with Gasteiger partial charge < -0.3 is 0 Å². The van der Waals surface area contributed by atoms with E-state index in [1.165, 1.54) is 23.9 Å². The first-order valence-electron chi connectivity index (χ1n) is 8.34. The predicted molar refractivity (Wildman–Crippen MR) is 103 cm³/mol. The standard InChI is InChI=1S/C18H21N3O3S2/c1-13(25-16-5-3-2-4-6-16)18(22)20-19-14-9-11-17(12-10-14)26(23,24)21-15-7-8-15/h2-6,9-13,15,19,21H,7-8H2,1H3,(H,20,22)/t13-/m1/s1. The number of carbonyl (C=O) groups excluding carboxylic acids is 1. The van der Waals surface area contributed by atoms with Crippen molar-refractivity contribution in [3.05, 3.63) is 54.6 Å². The third kappa shape index (κ3) is 5.23. The quantitative estimate of drug-likeness (QED) is 0.476. The number of nitrogens with one attached hydrogen (secondary N) is 3. The molecule has 0 bridgehead atoms. The molecule has 0 heterocycles. The fourth-order valence-corrected chi connectivity index (χ4v) is 4.39. The maximum absolute atomic E-state index is 12.2. The van der Waals surface area contributed by atoms with Crippen LogP contribution in [0.5, 0.6) is 0 Å². The van der Waals surface area contributed by atoms with Gasteiger partial charge in [-0.25, -0.2) is 13.1 Å². The average molecular weight is 392 g/mol. The number of hydrogen-bond donors (Lipinski definition) is 3. The molecule has 3 N–H and O–H groups in total. The molecule has 1 aliphatic rings. The van der Waals surface area contributed by atoms with Gasteiger partial charge in [0.15, 0.2) is 0 Å². The molecule has 138 valence electrons. The molecule has 0 spiro atoms. The van der Waals surface area contributed by atoms with E-state index in [1.54, 1.807) is 12.1 Å². The number of benzene rings is 2. The zero-order chi connectivity index (χ0) is 18.6. The van der Waals surface area contributed by atoms with Crippen molar-refractivity contribution >= 4 is 33.4 Å². The van der Waals surface area contributed by atoms with Crippen molar-refractivity contribution in [1.29, 1.82) is 0 Å². The lowest BCUT2D eigenvalue weighted by molar-refractivity contribution is -0.119. The highest BCUT2D eigenvalue weighted by Gasteiger charge is 2.27. The molecule has 2 aromatic carbocycles. The summed E-state index contributed by atoms with van der Waals surface area (Å²) in [6.07, 6.45) is 1.79. The number of rotatable bonds is 8. The van der Waals surface area contributed by atoms with E-state index in [1.807, 2.05) is 37.3 Å². The first-order chi connectivity index (χ1) is 12.4. The van der Waals surface area contributed by atoms with Crippen molar-refractivity contribution in [2.75, 3.05) is 5.43 Å². The molecule has 1 aliphatic carbocycles. The average Bonchev–Trinajstić information content (AvgIpc) is 3.44. The summed E-state index contributed by atoms with van der Waals surface area (Å²) in [7, 11) is -3.46. The van der Waals surface area contributed by atoms with Crippen LogP contribution in [0.4, 0.5) is 5.69 Å². The summed E-state index contributed by atoms with van der Waals surface area (Å²) in [4.78, 5) is 13.4. The Balaban J connectivity index is 1.51. The van der Waals surface area contributed by atoms with Crippen molar-refractivity contribution in [2.45, 2.75) is 40.8 Å². The molecular formula is C18H21N3O3S2. The first-order valence-corrected chi connectivity index (χ1v) is 10.7. The molecule has 1 atom stereocenters. The molecule has 8 heteroatoms. The second-order valence-electron chi connectivity index (χ2n) is 6.11. The Bertz CT molecular complexity index is 851. The number of carbonyl (C=O) groups is 1. The molecule has 6 nitrogen and oxygen atoms in total. The van der Waals surface area contributed by atoms with Crippen LogP contribution in [-0.2, 0) is 14.8 Å². The smallest absolute Gasteiger partial charge is 0.251 e. The number of thioether (sulfide) groups is 1. The van der Waals surface area contributed by atoms with Gasteiger partial charge in [-0.15, -0.1) is 11.8 Å². The highest BCUT2D eigenvalue weighted by molar-refractivity contribution is 8.00. The van der Waals surface area contributed by atoms with Gasteiger partial charge in [-0.3, -0.25) is 15.6 Å². The number of amides is 1. The van der Waals surface area contributed by atoms with Crippen molar-refractivity contribution in [2.24, 2.45) is 0 Å². The minimum absolute atomic E-state index is 0.0701. The predicted octanol–water partition coefficient (Wildman–Crippen LogP) is 2.75. The SMILES string of the molecule is C[C@@H](Sc1ccccc1)C(=O)NNc1ccc(S(=O)(=O)NC2CC2)cc1. The van der Waals surface area contributed by atoms with Gasteiger partial charge in [-0.1, -0.05) is 18.2 Å². The van der Waals surface area contributed by atoms with Crippen LogP contribution in [0, 0.1) is 0 Å². The molecule has 0 saturated heterocycles. The van der Waals surface area contributed by atoms with E-state index >= 15 is 0 Å². The Morgan fingerprint density at radius 1 is 1.08 bits per heavy atom. The van der Waals surface area contributed by atoms with Gasteiger partial charge in [0.25, 0.3) is 5.91 Å². The summed E-state index contributed by atoms with van der Waals surface area (Å²) in [6, 6.07) is 16.0. The third-order valence-corrected chi connectivity index (χ3v) is 6.47. The molecule has 0 radical (unpaired) electrons. The van der Waals surface area contributed by atoms with Crippen LogP contribution in [0.15, 0.2) is 64.4 Å². The number of sulfonamides is 1. The Morgan fingerprint density at radius 2 is 1.73 bits per heavy atom. The second-order valence-corrected chi connectivity index (χ2v) is 9.24. The monoisotopic (exact) mass is 391 g/mol. The fourth-order valence-electron chi connectivity index (χ4n) is 2.20. The first kappa shape index (κ1) is 18.8. The summed E-state index contributed by atoms with van der Waals surface area (Å²) >= 11 is 1.46. The molecule has 1 fully saturated rings. The topological polar surface area (TPSA) is 87.3 Å². The molecule has 1 amide bonds. The summed E-state index contributed by atoms with van der Waals surface area (Å²) in [5, 5.41) is -0.271. The molecule has 2 aromatic rings. The maximum atomic E-state index is 12.2. The highest BCUT2D eigenvalue weighted by atomic mass is 32.2. The molecule has 1 saturated carbocycles. The van der Waals surface area contributed by atoms with Crippen molar-refractivity contribution in [3.63, 3.8) is 0 Å². The van der Waals surface area contributed by atoms with Gasteiger partial charge in [0.2, 0.25) is 10.0 Å². The lowest BCUT2D eigenvalue weighted by Crippen LogP contribution is -2.35. The van der Waals surface area contributed by atoms with Crippen LogP contribution < -0.4 is 15.6 Å². The number of hydrazine groups is 1. The molecular weight excluding hydrogens is 370 g/mol. The van der Waals surface area contributed by atoms with Gasteiger partial charge in [0.1, 0.15) is 0 Å². The van der Waals surface area contributed by atoms with E-state index in [9.17, 15) is 13.2 Å². The highest BCUT2D eigenvalue weighted by Crippen LogP contribution is 2.24. The summed E-state index contributed by atoms with van der Waals surface area (Å²) < 4.78 is 26.9. The fraction of sp³-hybridized carbons (Fsp3) is 0.278. The zero-order valence-corrected chi connectivity index (χ0v) is 15.9. The van der Waals surface area contributed by atoms with Crippen LogP contribution in [-0.4, -0.2) is 25.6 Å². The molecule has 3 rings (SSSR count).